The van der Waals surface area contributed by atoms with Gasteiger partial charge in [0, 0.05) is 57.7 Å². The molecule has 3 heterocycles. The van der Waals surface area contributed by atoms with Gasteiger partial charge in [-0.05, 0) is 48.7 Å². The molecular formula is C22H26F3N5O. The van der Waals surface area contributed by atoms with Gasteiger partial charge in [-0.1, -0.05) is 6.07 Å². The lowest BCUT2D eigenvalue weighted by Crippen LogP contribution is -2.51. The van der Waals surface area contributed by atoms with Crippen LogP contribution < -0.4 is 15.1 Å². The van der Waals surface area contributed by atoms with Gasteiger partial charge in [0.15, 0.2) is 0 Å². The first-order valence-electron chi connectivity index (χ1n) is 10.5. The number of hydrogen-bond donors (Lipinski definition) is 1. The van der Waals surface area contributed by atoms with Crippen LogP contribution in [-0.2, 0) is 12.7 Å². The zero-order chi connectivity index (χ0) is 21.8. The minimum atomic E-state index is -4.36. The lowest BCUT2D eigenvalue weighted by atomic mass is 10.1. The molecule has 0 aliphatic carbocycles. The number of carbonyl (C=O) groups is 1. The zero-order valence-corrected chi connectivity index (χ0v) is 17.2. The van der Waals surface area contributed by atoms with E-state index in [1.807, 2.05) is 17.0 Å². The Labute approximate surface area is 179 Å². The highest BCUT2D eigenvalue weighted by Crippen LogP contribution is 2.31. The first-order chi connectivity index (χ1) is 14.9. The average molecular weight is 433 g/mol. The Hall–Kier alpha value is -2.97. The van der Waals surface area contributed by atoms with Crippen molar-refractivity contribution in [2.75, 3.05) is 49.1 Å². The van der Waals surface area contributed by atoms with Crippen molar-refractivity contribution in [3.63, 3.8) is 0 Å². The van der Waals surface area contributed by atoms with Crippen molar-refractivity contribution >= 4 is 17.5 Å². The SMILES string of the molecule is O=C(NCc1ccnc(N2CCCC2)c1)N1CCN(c2cccc(C(F)(F)F)c2)CC1. The summed E-state index contributed by atoms with van der Waals surface area (Å²) in [5.41, 5.74) is 0.866. The summed E-state index contributed by atoms with van der Waals surface area (Å²) in [6, 6.07) is 9.07. The van der Waals surface area contributed by atoms with Crippen molar-refractivity contribution in [3.8, 4) is 0 Å². The third kappa shape index (κ3) is 5.21. The van der Waals surface area contributed by atoms with E-state index in [2.05, 4.69) is 15.2 Å². The second kappa shape index (κ2) is 9.03. The standard InChI is InChI=1S/C22H26F3N5O/c23-22(24,25)18-4-3-5-19(15-18)28-10-12-30(13-11-28)21(31)27-16-17-6-7-26-20(14-17)29-8-1-2-9-29/h3-7,14-15H,1-2,8-13,16H2,(H,27,31). The van der Waals surface area contributed by atoms with Gasteiger partial charge in [0.25, 0.3) is 0 Å². The van der Waals surface area contributed by atoms with E-state index in [-0.39, 0.29) is 6.03 Å². The summed E-state index contributed by atoms with van der Waals surface area (Å²) in [6.07, 6.45) is -0.244. The van der Waals surface area contributed by atoms with Gasteiger partial charge in [-0.3, -0.25) is 0 Å². The highest BCUT2D eigenvalue weighted by atomic mass is 19.4. The lowest BCUT2D eigenvalue weighted by molar-refractivity contribution is -0.137. The normalized spacial score (nSPS) is 17.2. The minimum Gasteiger partial charge on any atom is -0.368 e. The van der Waals surface area contributed by atoms with Crippen molar-refractivity contribution < 1.29 is 18.0 Å². The number of urea groups is 1. The number of pyridine rings is 1. The molecule has 2 aromatic rings. The number of anilines is 2. The first-order valence-corrected chi connectivity index (χ1v) is 10.5. The Balaban J connectivity index is 1.28. The van der Waals surface area contributed by atoms with Crippen molar-refractivity contribution in [2.45, 2.75) is 25.6 Å². The van der Waals surface area contributed by atoms with Crippen LogP contribution in [-0.4, -0.2) is 55.2 Å². The molecule has 31 heavy (non-hydrogen) atoms. The molecule has 9 heteroatoms. The number of nitrogens with zero attached hydrogens (tertiary/aromatic N) is 4. The van der Waals surface area contributed by atoms with Crippen LogP contribution in [0.4, 0.5) is 29.5 Å². The molecule has 2 aliphatic rings. The zero-order valence-electron chi connectivity index (χ0n) is 17.2. The topological polar surface area (TPSA) is 51.7 Å². The monoisotopic (exact) mass is 433 g/mol. The third-order valence-corrected chi connectivity index (χ3v) is 5.79. The van der Waals surface area contributed by atoms with E-state index < -0.39 is 11.7 Å². The Morgan fingerprint density at radius 3 is 2.42 bits per heavy atom. The van der Waals surface area contributed by atoms with Crippen LogP contribution in [0, 0.1) is 0 Å². The number of carbonyl (C=O) groups excluding carboxylic acids is 1. The van der Waals surface area contributed by atoms with Crippen LogP contribution >= 0.6 is 0 Å². The lowest BCUT2D eigenvalue weighted by Gasteiger charge is -2.36. The number of nitrogens with one attached hydrogen (secondary N) is 1. The fourth-order valence-electron chi connectivity index (χ4n) is 4.03. The second-order valence-corrected chi connectivity index (χ2v) is 7.90. The molecule has 0 spiro atoms. The van der Waals surface area contributed by atoms with Crippen molar-refractivity contribution in [1.29, 1.82) is 0 Å². The maximum absolute atomic E-state index is 13.0. The largest absolute Gasteiger partial charge is 0.416 e. The van der Waals surface area contributed by atoms with E-state index in [0.29, 0.717) is 38.4 Å². The summed E-state index contributed by atoms with van der Waals surface area (Å²) in [6.45, 7) is 4.33. The molecule has 2 amide bonds. The summed E-state index contributed by atoms with van der Waals surface area (Å²) in [5, 5.41) is 2.94. The summed E-state index contributed by atoms with van der Waals surface area (Å²) in [5.74, 6) is 0.943. The molecule has 166 valence electrons. The smallest absolute Gasteiger partial charge is 0.368 e. The highest BCUT2D eigenvalue weighted by Gasteiger charge is 2.31. The maximum atomic E-state index is 13.0. The molecule has 6 nitrogen and oxygen atoms in total. The number of hydrogen-bond acceptors (Lipinski definition) is 4. The number of amides is 2. The van der Waals surface area contributed by atoms with Gasteiger partial charge < -0.3 is 20.0 Å². The van der Waals surface area contributed by atoms with Crippen molar-refractivity contribution in [2.24, 2.45) is 0 Å². The van der Waals surface area contributed by atoms with Gasteiger partial charge >= 0.3 is 12.2 Å². The molecule has 2 saturated heterocycles. The van der Waals surface area contributed by atoms with Crippen LogP contribution in [0.15, 0.2) is 42.6 Å². The molecule has 0 saturated carbocycles. The Kier molecular flexibility index (Phi) is 6.20. The third-order valence-electron chi connectivity index (χ3n) is 5.79. The Morgan fingerprint density at radius 2 is 1.71 bits per heavy atom. The Bertz CT molecular complexity index is 906. The number of piperazine rings is 1. The van der Waals surface area contributed by atoms with Crippen molar-refractivity contribution in [3.05, 3.63) is 53.7 Å². The Morgan fingerprint density at radius 1 is 0.968 bits per heavy atom. The number of benzene rings is 1. The number of aromatic nitrogens is 1. The fraction of sp³-hybridized carbons (Fsp3) is 0.455. The number of alkyl halides is 3. The van der Waals surface area contributed by atoms with Crippen LogP contribution in [0.25, 0.3) is 0 Å². The molecule has 1 aromatic heterocycles. The van der Waals surface area contributed by atoms with Gasteiger partial charge in [-0.15, -0.1) is 0 Å². The van der Waals surface area contributed by atoms with Gasteiger partial charge in [0.05, 0.1) is 5.56 Å². The van der Waals surface area contributed by atoms with Crippen LogP contribution in [0.1, 0.15) is 24.0 Å². The first kappa shape index (κ1) is 21.3. The van der Waals surface area contributed by atoms with E-state index >= 15 is 0 Å². The summed E-state index contributed by atoms with van der Waals surface area (Å²) < 4.78 is 38.9. The summed E-state index contributed by atoms with van der Waals surface area (Å²) in [7, 11) is 0. The quantitative estimate of drug-likeness (QED) is 0.799. The van der Waals surface area contributed by atoms with Gasteiger partial charge in [0.2, 0.25) is 0 Å². The van der Waals surface area contributed by atoms with Crippen LogP contribution in [0.2, 0.25) is 0 Å². The molecule has 2 fully saturated rings. The summed E-state index contributed by atoms with van der Waals surface area (Å²) in [4.78, 5) is 22.8. The highest BCUT2D eigenvalue weighted by molar-refractivity contribution is 5.74. The van der Waals surface area contributed by atoms with Crippen LogP contribution in [0.5, 0.6) is 0 Å². The molecular weight excluding hydrogens is 407 g/mol. The van der Waals surface area contributed by atoms with E-state index in [4.69, 9.17) is 0 Å². The molecule has 0 radical (unpaired) electrons. The van der Waals surface area contributed by atoms with E-state index in [0.717, 1.165) is 36.6 Å². The molecule has 0 unspecified atom stereocenters. The molecule has 4 rings (SSSR count). The molecule has 1 aromatic carbocycles. The fourth-order valence-corrected chi connectivity index (χ4v) is 4.03. The molecule has 2 aliphatic heterocycles. The van der Waals surface area contributed by atoms with Gasteiger partial charge in [-0.2, -0.15) is 13.2 Å². The minimum absolute atomic E-state index is 0.164. The van der Waals surface area contributed by atoms with E-state index in [1.54, 1.807) is 17.2 Å². The average Bonchev–Trinajstić information content (AvgIpc) is 3.32. The number of rotatable bonds is 4. The molecule has 0 atom stereocenters. The predicted octanol–water partition coefficient (Wildman–Crippen LogP) is 3.73. The second-order valence-electron chi connectivity index (χ2n) is 7.90. The number of halogens is 3. The maximum Gasteiger partial charge on any atom is 0.416 e. The van der Waals surface area contributed by atoms with E-state index in [1.165, 1.54) is 18.9 Å². The van der Waals surface area contributed by atoms with E-state index in [9.17, 15) is 18.0 Å². The molecule has 1 N–H and O–H groups in total. The van der Waals surface area contributed by atoms with Crippen LogP contribution in [0.3, 0.4) is 0 Å². The predicted molar refractivity (Wildman–Crippen MR) is 113 cm³/mol. The molecule has 0 bridgehead atoms. The van der Waals surface area contributed by atoms with Crippen molar-refractivity contribution in [1.82, 2.24) is 15.2 Å². The van der Waals surface area contributed by atoms with Gasteiger partial charge in [0.1, 0.15) is 5.82 Å². The van der Waals surface area contributed by atoms with Gasteiger partial charge in [-0.25, -0.2) is 9.78 Å². The summed E-state index contributed by atoms with van der Waals surface area (Å²) >= 11 is 0.